The number of fused-ring (bicyclic) bond motifs is 1. The van der Waals surface area contributed by atoms with Gasteiger partial charge in [-0.05, 0) is 67.1 Å². The number of hydrogen-bond donors (Lipinski definition) is 0. The van der Waals surface area contributed by atoms with Gasteiger partial charge in [-0.3, -0.25) is 4.79 Å². The molecule has 0 aliphatic rings. The van der Waals surface area contributed by atoms with Gasteiger partial charge in [0.25, 0.3) is 5.56 Å². The molecule has 0 fully saturated rings. The van der Waals surface area contributed by atoms with E-state index < -0.39 is 5.97 Å². The first-order valence-electron chi connectivity index (χ1n) is 9.65. The van der Waals surface area contributed by atoms with Crippen LogP contribution in [0.1, 0.15) is 21.7 Å². The zero-order chi connectivity index (χ0) is 22.7. The van der Waals surface area contributed by atoms with Crippen LogP contribution in [-0.2, 0) is 0 Å². The Morgan fingerprint density at radius 1 is 1.06 bits per heavy atom. The first-order chi connectivity index (χ1) is 15.5. The summed E-state index contributed by atoms with van der Waals surface area (Å²) in [7, 11) is 1.47. The van der Waals surface area contributed by atoms with Gasteiger partial charge in [0.1, 0.15) is 5.82 Å². The lowest BCUT2D eigenvalue weighted by Gasteiger charge is -2.10. The van der Waals surface area contributed by atoms with Crippen molar-refractivity contribution >= 4 is 34.7 Å². The van der Waals surface area contributed by atoms with Crippen LogP contribution in [0, 0.1) is 6.92 Å². The third-order valence-corrected chi connectivity index (χ3v) is 4.96. The maximum absolute atomic E-state index is 12.7. The summed E-state index contributed by atoms with van der Waals surface area (Å²) >= 11 is 5.85. The quantitative estimate of drug-likeness (QED) is 0.256. The van der Waals surface area contributed by atoms with Crippen LogP contribution in [0.2, 0.25) is 5.02 Å². The fourth-order valence-electron chi connectivity index (χ4n) is 3.09. The van der Waals surface area contributed by atoms with Crippen LogP contribution in [0.3, 0.4) is 0 Å². The number of para-hydroxylation sites is 1. The zero-order valence-electron chi connectivity index (χ0n) is 17.3. The summed E-state index contributed by atoms with van der Waals surface area (Å²) in [6, 6.07) is 18.4. The van der Waals surface area contributed by atoms with Crippen LogP contribution in [0.15, 0.2) is 76.6 Å². The molecule has 1 aromatic heterocycles. The van der Waals surface area contributed by atoms with E-state index >= 15 is 0 Å². The highest BCUT2D eigenvalue weighted by Crippen LogP contribution is 2.28. The molecule has 160 valence electrons. The minimum Gasteiger partial charge on any atom is -0.493 e. The van der Waals surface area contributed by atoms with Crippen LogP contribution in [-0.4, -0.2) is 29.0 Å². The monoisotopic (exact) mass is 447 g/mol. The van der Waals surface area contributed by atoms with Crippen molar-refractivity contribution < 1.29 is 14.3 Å². The van der Waals surface area contributed by atoms with Gasteiger partial charge in [-0.15, -0.1) is 0 Å². The van der Waals surface area contributed by atoms with E-state index in [1.165, 1.54) is 18.0 Å². The van der Waals surface area contributed by atoms with Crippen molar-refractivity contribution in [1.29, 1.82) is 0 Å². The molecular formula is C24H18ClN3O4. The Hall–Kier alpha value is -3.97. The van der Waals surface area contributed by atoms with Crippen molar-refractivity contribution in [3.8, 4) is 11.5 Å². The molecule has 0 aliphatic heterocycles. The largest absolute Gasteiger partial charge is 0.493 e. The molecule has 0 bridgehead atoms. The van der Waals surface area contributed by atoms with Crippen molar-refractivity contribution in [1.82, 2.24) is 9.66 Å². The molecule has 0 aliphatic carbocycles. The molecule has 32 heavy (non-hydrogen) atoms. The average molecular weight is 448 g/mol. The topological polar surface area (TPSA) is 82.8 Å². The van der Waals surface area contributed by atoms with E-state index in [-0.39, 0.29) is 11.3 Å². The minimum atomic E-state index is -0.536. The van der Waals surface area contributed by atoms with E-state index in [0.717, 1.165) is 0 Å². The third-order valence-electron chi connectivity index (χ3n) is 4.71. The third kappa shape index (κ3) is 4.38. The van der Waals surface area contributed by atoms with E-state index in [1.54, 1.807) is 67.6 Å². The number of nitrogens with zero attached hydrogens (tertiary/aromatic N) is 3. The first kappa shape index (κ1) is 21.3. The Morgan fingerprint density at radius 2 is 1.81 bits per heavy atom. The fraction of sp³-hybridized carbons (Fsp3) is 0.0833. The molecule has 0 unspecified atom stereocenters. The van der Waals surface area contributed by atoms with Crippen molar-refractivity contribution in [2.75, 3.05) is 7.11 Å². The van der Waals surface area contributed by atoms with Crippen LogP contribution >= 0.6 is 11.6 Å². The number of esters is 1. The number of halogens is 1. The summed E-state index contributed by atoms with van der Waals surface area (Å²) in [6.45, 7) is 1.71. The van der Waals surface area contributed by atoms with Gasteiger partial charge in [-0.25, -0.2) is 9.78 Å². The first-order valence-corrected chi connectivity index (χ1v) is 10.0. The normalized spacial score (nSPS) is 11.1. The van der Waals surface area contributed by atoms with Crippen LogP contribution < -0.4 is 15.0 Å². The molecule has 0 radical (unpaired) electrons. The van der Waals surface area contributed by atoms with Gasteiger partial charge in [0.2, 0.25) is 0 Å². The lowest BCUT2D eigenvalue weighted by molar-refractivity contribution is 0.0729. The standard InChI is InChI=1S/C24H18ClN3O4/c1-15-27-20-6-4-3-5-19(20)23(29)28(15)26-14-16-7-12-21(22(13-16)31-2)32-24(30)17-8-10-18(25)11-9-17/h3-14H,1-2H3. The Balaban J connectivity index is 1.60. The minimum absolute atomic E-state index is 0.255. The highest BCUT2D eigenvalue weighted by Gasteiger charge is 2.13. The second kappa shape index (κ2) is 9.03. The number of aryl methyl sites for hydroxylation is 1. The Bertz CT molecular complexity index is 1400. The summed E-state index contributed by atoms with van der Waals surface area (Å²) in [5, 5.41) is 5.30. The van der Waals surface area contributed by atoms with E-state index in [4.69, 9.17) is 21.1 Å². The van der Waals surface area contributed by atoms with Gasteiger partial charge in [0.15, 0.2) is 11.5 Å². The number of hydrogen-bond acceptors (Lipinski definition) is 6. The number of benzene rings is 3. The van der Waals surface area contributed by atoms with Gasteiger partial charge in [-0.1, -0.05) is 23.7 Å². The molecule has 7 nitrogen and oxygen atoms in total. The summed E-state index contributed by atoms with van der Waals surface area (Å²) in [5.74, 6) is 0.526. The molecule has 1 heterocycles. The number of aromatic nitrogens is 2. The number of rotatable bonds is 5. The van der Waals surface area contributed by atoms with Crippen LogP contribution in [0.4, 0.5) is 0 Å². The predicted octanol–water partition coefficient (Wildman–Crippen LogP) is 4.47. The summed E-state index contributed by atoms with van der Waals surface area (Å²) in [5.41, 5.74) is 1.37. The Morgan fingerprint density at radius 3 is 2.56 bits per heavy atom. The van der Waals surface area contributed by atoms with E-state index in [1.807, 2.05) is 6.07 Å². The van der Waals surface area contributed by atoms with Crippen molar-refractivity contribution in [3.05, 3.63) is 99.1 Å². The van der Waals surface area contributed by atoms with Gasteiger partial charge < -0.3 is 9.47 Å². The van der Waals surface area contributed by atoms with Crippen molar-refractivity contribution in [2.24, 2.45) is 5.10 Å². The van der Waals surface area contributed by atoms with Gasteiger partial charge >= 0.3 is 5.97 Å². The van der Waals surface area contributed by atoms with Gasteiger partial charge in [-0.2, -0.15) is 9.78 Å². The van der Waals surface area contributed by atoms with E-state index in [9.17, 15) is 9.59 Å². The molecule has 4 rings (SSSR count). The summed E-state index contributed by atoms with van der Waals surface area (Å²) in [6.07, 6.45) is 1.51. The fourth-order valence-corrected chi connectivity index (χ4v) is 3.21. The lowest BCUT2D eigenvalue weighted by Crippen LogP contribution is -2.20. The molecule has 0 saturated heterocycles. The highest BCUT2D eigenvalue weighted by atomic mass is 35.5. The molecular weight excluding hydrogens is 430 g/mol. The Kier molecular flexibility index (Phi) is 6.00. The molecule has 0 N–H and O–H groups in total. The van der Waals surface area contributed by atoms with Crippen molar-refractivity contribution in [2.45, 2.75) is 6.92 Å². The number of carbonyl (C=O) groups excluding carboxylic acids is 1. The SMILES string of the molecule is COc1cc(C=Nn2c(C)nc3ccccc3c2=O)ccc1OC(=O)c1ccc(Cl)cc1. The maximum atomic E-state index is 12.7. The molecule has 0 saturated carbocycles. The van der Waals surface area contributed by atoms with Crippen LogP contribution in [0.25, 0.3) is 10.9 Å². The second-order valence-electron chi connectivity index (χ2n) is 6.84. The Labute approximate surface area is 188 Å². The molecule has 0 amide bonds. The lowest BCUT2D eigenvalue weighted by atomic mass is 10.2. The molecule has 3 aromatic carbocycles. The molecule has 0 atom stereocenters. The van der Waals surface area contributed by atoms with E-state index in [2.05, 4.69) is 10.1 Å². The number of carbonyl (C=O) groups is 1. The maximum Gasteiger partial charge on any atom is 0.343 e. The molecule has 4 aromatic rings. The molecule has 0 spiro atoms. The van der Waals surface area contributed by atoms with Crippen LogP contribution in [0.5, 0.6) is 11.5 Å². The molecule has 8 heteroatoms. The zero-order valence-corrected chi connectivity index (χ0v) is 18.0. The predicted molar refractivity (Wildman–Crippen MR) is 123 cm³/mol. The number of methoxy groups -OCH3 is 1. The smallest absolute Gasteiger partial charge is 0.343 e. The van der Waals surface area contributed by atoms with Gasteiger partial charge in [0, 0.05) is 5.02 Å². The summed E-state index contributed by atoms with van der Waals surface area (Å²) in [4.78, 5) is 29.5. The van der Waals surface area contributed by atoms with Crippen molar-refractivity contribution in [3.63, 3.8) is 0 Å². The number of ether oxygens (including phenoxy) is 2. The summed E-state index contributed by atoms with van der Waals surface area (Å²) < 4.78 is 12.0. The highest BCUT2D eigenvalue weighted by molar-refractivity contribution is 6.30. The average Bonchev–Trinajstić information content (AvgIpc) is 2.80. The second-order valence-corrected chi connectivity index (χ2v) is 7.28. The van der Waals surface area contributed by atoms with E-state index in [0.29, 0.717) is 38.6 Å². The van der Waals surface area contributed by atoms with Gasteiger partial charge in [0.05, 0.1) is 29.8 Å².